The zero-order valence-electron chi connectivity index (χ0n) is 18.1. The van der Waals surface area contributed by atoms with Crippen LogP contribution in [0, 0.1) is 0 Å². The van der Waals surface area contributed by atoms with Crippen LogP contribution in [0.5, 0.6) is 0 Å². The first-order chi connectivity index (χ1) is 13.8. The minimum absolute atomic E-state index is 0. The molecule has 2 rings (SSSR count). The van der Waals surface area contributed by atoms with Gasteiger partial charge in [0, 0.05) is 37.5 Å². The van der Waals surface area contributed by atoms with Crippen LogP contribution < -0.4 is 16.0 Å². The van der Waals surface area contributed by atoms with Crippen molar-refractivity contribution in [2.24, 2.45) is 12.0 Å². The van der Waals surface area contributed by atoms with Gasteiger partial charge in [-0.15, -0.1) is 24.0 Å². The van der Waals surface area contributed by atoms with E-state index in [9.17, 15) is 9.90 Å². The highest BCUT2D eigenvalue weighted by Gasteiger charge is 2.24. The second-order valence-electron chi connectivity index (χ2n) is 7.22. The lowest BCUT2D eigenvalue weighted by Crippen LogP contribution is -2.44. The molecule has 9 heteroatoms. The first-order valence-electron chi connectivity index (χ1n) is 9.96. The number of aromatic nitrogens is 2. The number of amides is 1. The largest absolute Gasteiger partial charge is 0.383 e. The average Bonchev–Trinajstić information content (AvgIpc) is 3.13. The fourth-order valence-electron chi connectivity index (χ4n) is 2.71. The minimum atomic E-state index is -1.07. The fraction of sp³-hybridized carbons (Fsp3) is 0.476. The Morgan fingerprint density at radius 3 is 2.50 bits per heavy atom. The Hall–Kier alpha value is -2.14. The number of rotatable bonds is 9. The van der Waals surface area contributed by atoms with Crippen molar-refractivity contribution in [3.63, 3.8) is 0 Å². The van der Waals surface area contributed by atoms with E-state index in [2.05, 4.69) is 26.0 Å². The van der Waals surface area contributed by atoms with Crippen LogP contribution in [0.3, 0.4) is 0 Å². The number of aliphatic hydroxyl groups is 1. The number of benzene rings is 1. The lowest BCUT2D eigenvalue weighted by molar-refractivity contribution is -0.116. The maximum atomic E-state index is 11.7. The summed E-state index contributed by atoms with van der Waals surface area (Å²) in [5.41, 5.74) is 1.48. The van der Waals surface area contributed by atoms with Gasteiger partial charge in [-0.1, -0.05) is 19.1 Å². The Labute approximate surface area is 195 Å². The molecule has 4 N–H and O–H groups in total. The van der Waals surface area contributed by atoms with Gasteiger partial charge in [-0.2, -0.15) is 5.10 Å². The number of hydrogen-bond donors (Lipinski definition) is 4. The molecule has 8 nitrogen and oxygen atoms in total. The van der Waals surface area contributed by atoms with Crippen LogP contribution in [0.15, 0.2) is 41.7 Å². The summed E-state index contributed by atoms with van der Waals surface area (Å²) < 4.78 is 1.66. The average molecular weight is 528 g/mol. The predicted octanol–water partition coefficient (Wildman–Crippen LogP) is 2.74. The van der Waals surface area contributed by atoms with Gasteiger partial charge in [0.2, 0.25) is 5.91 Å². The van der Waals surface area contributed by atoms with Crippen molar-refractivity contribution in [3.8, 4) is 0 Å². The highest BCUT2D eigenvalue weighted by molar-refractivity contribution is 14.0. The smallest absolute Gasteiger partial charge is 0.224 e. The molecule has 0 aliphatic rings. The number of anilines is 1. The first kappa shape index (κ1) is 25.9. The highest BCUT2D eigenvalue weighted by atomic mass is 127. The third-order valence-electron chi connectivity index (χ3n) is 4.41. The molecule has 1 amide bonds. The molecule has 1 heterocycles. The number of nitrogens with zero attached hydrogens (tertiary/aromatic N) is 3. The quantitative estimate of drug-likeness (QED) is 0.228. The van der Waals surface area contributed by atoms with Gasteiger partial charge in [-0.25, -0.2) is 4.99 Å². The molecule has 0 radical (unpaired) electrons. The Morgan fingerprint density at radius 1 is 1.23 bits per heavy atom. The van der Waals surface area contributed by atoms with E-state index in [1.807, 2.05) is 45.2 Å². The lowest BCUT2D eigenvalue weighted by atomic mass is 10.00. The molecule has 0 saturated heterocycles. The van der Waals surface area contributed by atoms with Gasteiger partial charge in [0.25, 0.3) is 0 Å². The number of carbonyl (C=O) groups is 1. The van der Waals surface area contributed by atoms with Crippen molar-refractivity contribution in [3.05, 3.63) is 47.8 Å². The van der Waals surface area contributed by atoms with E-state index in [0.717, 1.165) is 23.2 Å². The van der Waals surface area contributed by atoms with E-state index in [-0.39, 0.29) is 29.9 Å². The van der Waals surface area contributed by atoms with Gasteiger partial charge < -0.3 is 21.1 Å². The molecule has 1 aromatic carbocycles. The summed E-state index contributed by atoms with van der Waals surface area (Å²) in [6.07, 6.45) is 4.80. The zero-order chi connectivity index (χ0) is 21.3. The standard InChI is InChI=1S/C21H32N6O2.HI/c1-5-7-19(28)26-18-10-8-16(9-11-18)12-23-20(22-6-2)24-15-21(3,29)17-13-25-27(4)14-17;/h8-11,13-14,29H,5-7,12,15H2,1-4H3,(H,26,28)(H2,22,23,24);1H. The summed E-state index contributed by atoms with van der Waals surface area (Å²) in [5, 5.41) is 24.1. The van der Waals surface area contributed by atoms with Gasteiger partial charge in [-0.05, 0) is 38.0 Å². The second-order valence-corrected chi connectivity index (χ2v) is 7.22. The van der Waals surface area contributed by atoms with Gasteiger partial charge in [0.15, 0.2) is 5.96 Å². The Morgan fingerprint density at radius 2 is 1.93 bits per heavy atom. The van der Waals surface area contributed by atoms with Gasteiger partial charge in [-0.3, -0.25) is 9.48 Å². The van der Waals surface area contributed by atoms with E-state index in [4.69, 9.17) is 0 Å². The Kier molecular flexibility index (Phi) is 10.8. The second kappa shape index (κ2) is 12.5. The van der Waals surface area contributed by atoms with Gasteiger partial charge >= 0.3 is 0 Å². The zero-order valence-corrected chi connectivity index (χ0v) is 20.4. The van der Waals surface area contributed by atoms with Crippen molar-refractivity contribution in [1.82, 2.24) is 20.4 Å². The number of aliphatic imine (C=N–C) groups is 1. The number of guanidine groups is 1. The van der Waals surface area contributed by atoms with Gasteiger partial charge in [0.05, 0.1) is 19.3 Å². The van der Waals surface area contributed by atoms with Crippen molar-refractivity contribution >= 4 is 41.5 Å². The number of hydrogen-bond acceptors (Lipinski definition) is 4. The maximum Gasteiger partial charge on any atom is 0.224 e. The van der Waals surface area contributed by atoms with Gasteiger partial charge in [0.1, 0.15) is 5.60 Å². The maximum absolute atomic E-state index is 11.7. The number of carbonyl (C=O) groups excluding carboxylic acids is 1. The monoisotopic (exact) mass is 528 g/mol. The van der Waals surface area contributed by atoms with E-state index >= 15 is 0 Å². The van der Waals surface area contributed by atoms with Crippen LogP contribution in [-0.2, 0) is 24.0 Å². The fourth-order valence-corrected chi connectivity index (χ4v) is 2.71. The van der Waals surface area contributed by atoms with Crippen LogP contribution in [0.1, 0.15) is 44.7 Å². The molecule has 2 aromatic rings. The molecule has 0 bridgehead atoms. The Bertz CT molecular complexity index is 817. The van der Waals surface area contributed by atoms with E-state index in [1.54, 1.807) is 24.0 Å². The van der Waals surface area contributed by atoms with Crippen molar-refractivity contribution < 1.29 is 9.90 Å². The van der Waals surface area contributed by atoms with Crippen molar-refractivity contribution in [2.45, 2.75) is 45.8 Å². The number of aryl methyl sites for hydroxylation is 1. The molecule has 0 aliphatic carbocycles. The molecule has 30 heavy (non-hydrogen) atoms. The normalized spacial score (nSPS) is 13.2. The molecular weight excluding hydrogens is 495 g/mol. The predicted molar refractivity (Wildman–Crippen MR) is 131 cm³/mol. The molecular formula is C21H33IN6O2. The summed E-state index contributed by atoms with van der Waals surface area (Å²) in [6, 6.07) is 7.65. The summed E-state index contributed by atoms with van der Waals surface area (Å²) >= 11 is 0. The SMILES string of the molecule is CCCC(=O)Nc1ccc(CN=C(NCC)NCC(C)(O)c2cnn(C)c2)cc1.I. The third-order valence-corrected chi connectivity index (χ3v) is 4.41. The molecule has 0 spiro atoms. The Balaban J connectivity index is 0.00000450. The van der Waals surface area contributed by atoms with Crippen LogP contribution in [0.2, 0.25) is 0 Å². The highest BCUT2D eigenvalue weighted by Crippen LogP contribution is 2.18. The molecule has 166 valence electrons. The summed E-state index contributed by atoms with van der Waals surface area (Å²) in [6.45, 7) is 7.20. The molecule has 0 fully saturated rings. The van der Waals surface area contributed by atoms with Crippen LogP contribution in [0.25, 0.3) is 0 Å². The first-order valence-corrected chi connectivity index (χ1v) is 9.96. The van der Waals surface area contributed by atoms with E-state index in [0.29, 0.717) is 32.0 Å². The number of halogens is 1. The third kappa shape index (κ3) is 8.31. The topological polar surface area (TPSA) is 104 Å². The molecule has 0 aliphatic heterocycles. The molecule has 1 unspecified atom stereocenters. The molecule has 1 atom stereocenters. The van der Waals surface area contributed by atoms with Crippen LogP contribution >= 0.6 is 24.0 Å². The minimum Gasteiger partial charge on any atom is -0.383 e. The van der Waals surface area contributed by atoms with Crippen molar-refractivity contribution in [1.29, 1.82) is 0 Å². The lowest BCUT2D eigenvalue weighted by Gasteiger charge is -2.23. The van der Waals surface area contributed by atoms with Crippen molar-refractivity contribution in [2.75, 3.05) is 18.4 Å². The summed E-state index contributed by atoms with van der Waals surface area (Å²) in [7, 11) is 1.82. The van der Waals surface area contributed by atoms with E-state index < -0.39 is 5.60 Å². The van der Waals surface area contributed by atoms with E-state index in [1.165, 1.54) is 0 Å². The molecule has 1 aromatic heterocycles. The summed E-state index contributed by atoms with van der Waals surface area (Å²) in [4.78, 5) is 16.2. The number of nitrogens with one attached hydrogen (secondary N) is 3. The molecule has 0 saturated carbocycles. The summed E-state index contributed by atoms with van der Waals surface area (Å²) in [5.74, 6) is 0.648. The van der Waals surface area contributed by atoms with Crippen LogP contribution in [0.4, 0.5) is 5.69 Å². The van der Waals surface area contributed by atoms with Crippen LogP contribution in [-0.4, -0.2) is 39.8 Å².